The Hall–Kier alpha value is -3.85. The molecule has 4 rings (SSSR count). The molecule has 33 heavy (non-hydrogen) atoms. The number of fused-ring (bicyclic) bond motifs is 1. The van der Waals surface area contributed by atoms with E-state index in [9.17, 15) is 17.6 Å². The van der Waals surface area contributed by atoms with Crippen LogP contribution in [0.1, 0.15) is 21.9 Å². The molecule has 9 heteroatoms. The summed E-state index contributed by atoms with van der Waals surface area (Å²) in [4.78, 5) is 23.2. The fourth-order valence-corrected chi connectivity index (χ4v) is 4.46. The lowest BCUT2D eigenvalue weighted by Gasteiger charge is -2.17. The number of halogens is 1. The van der Waals surface area contributed by atoms with E-state index in [-0.39, 0.29) is 23.0 Å². The Morgan fingerprint density at radius 1 is 0.970 bits per heavy atom. The van der Waals surface area contributed by atoms with Gasteiger partial charge in [0.05, 0.1) is 22.6 Å². The zero-order chi connectivity index (χ0) is 23.6. The van der Waals surface area contributed by atoms with E-state index in [1.807, 2.05) is 31.2 Å². The van der Waals surface area contributed by atoms with Crippen molar-refractivity contribution in [3.05, 3.63) is 95.7 Å². The van der Waals surface area contributed by atoms with Crippen molar-refractivity contribution in [3.63, 3.8) is 0 Å². The standard InChI is InChI=1S/C24H21FN4O3S/c1-16-19-7-3-5-9-21(19)27-23(26-16)15-29(2)24(30)17-11-13-18(14-12-17)33(31,32)28-22-10-6-4-8-20(22)25/h3-14,28H,15H2,1-2H3. The summed E-state index contributed by atoms with van der Waals surface area (Å²) in [7, 11) is -2.38. The highest BCUT2D eigenvalue weighted by Crippen LogP contribution is 2.20. The van der Waals surface area contributed by atoms with Gasteiger partial charge in [-0.2, -0.15) is 0 Å². The molecule has 0 bridgehead atoms. The zero-order valence-corrected chi connectivity index (χ0v) is 18.8. The van der Waals surface area contributed by atoms with Gasteiger partial charge in [0, 0.05) is 23.7 Å². The predicted molar refractivity (Wildman–Crippen MR) is 124 cm³/mol. The van der Waals surface area contributed by atoms with Crippen LogP contribution in [0, 0.1) is 12.7 Å². The molecule has 0 aliphatic carbocycles. The third kappa shape index (κ3) is 4.83. The van der Waals surface area contributed by atoms with E-state index in [0.717, 1.165) is 22.7 Å². The molecule has 0 aliphatic heterocycles. The van der Waals surface area contributed by atoms with Crippen LogP contribution in [-0.4, -0.2) is 36.2 Å². The van der Waals surface area contributed by atoms with Gasteiger partial charge in [-0.15, -0.1) is 0 Å². The van der Waals surface area contributed by atoms with Crippen molar-refractivity contribution >= 4 is 32.5 Å². The quantitative estimate of drug-likeness (QED) is 0.463. The predicted octanol–water partition coefficient (Wildman–Crippen LogP) is 4.15. The molecule has 0 saturated heterocycles. The minimum Gasteiger partial charge on any atom is -0.334 e. The number of nitrogens with one attached hydrogen (secondary N) is 1. The first-order valence-corrected chi connectivity index (χ1v) is 11.6. The highest BCUT2D eigenvalue weighted by Gasteiger charge is 2.19. The van der Waals surface area contributed by atoms with Gasteiger partial charge in [-0.3, -0.25) is 9.52 Å². The fourth-order valence-electron chi connectivity index (χ4n) is 3.39. The summed E-state index contributed by atoms with van der Waals surface area (Å²) < 4.78 is 41.1. The highest BCUT2D eigenvalue weighted by molar-refractivity contribution is 7.92. The number of hydrogen-bond donors (Lipinski definition) is 1. The number of carbonyl (C=O) groups excluding carboxylic acids is 1. The molecule has 1 aromatic heterocycles. The average molecular weight is 465 g/mol. The van der Waals surface area contributed by atoms with Crippen molar-refractivity contribution < 1.29 is 17.6 Å². The van der Waals surface area contributed by atoms with Crippen LogP contribution in [0.2, 0.25) is 0 Å². The van der Waals surface area contributed by atoms with Gasteiger partial charge in [-0.05, 0) is 49.4 Å². The first-order valence-electron chi connectivity index (χ1n) is 10.1. The number of benzene rings is 3. The molecule has 0 atom stereocenters. The maximum Gasteiger partial charge on any atom is 0.261 e. The highest BCUT2D eigenvalue weighted by atomic mass is 32.2. The summed E-state index contributed by atoms with van der Waals surface area (Å²) >= 11 is 0. The number of aromatic nitrogens is 2. The lowest BCUT2D eigenvalue weighted by Crippen LogP contribution is -2.27. The van der Waals surface area contributed by atoms with Crippen LogP contribution >= 0.6 is 0 Å². The molecular formula is C24H21FN4O3S. The van der Waals surface area contributed by atoms with Crippen molar-refractivity contribution in [2.24, 2.45) is 0 Å². The minimum absolute atomic E-state index is 0.0848. The zero-order valence-electron chi connectivity index (χ0n) is 18.0. The van der Waals surface area contributed by atoms with E-state index >= 15 is 0 Å². The number of hydrogen-bond acceptors (Lipinski definition) is 5. The molecule has 0 fully saturated rings. The monoisotopic (exact) mass is 464 g/mol. The molecule has 1 amide bonds. The smallest absolute Gasteiger partial charge is 0.261 e. The summed E-state index contributed by atoms with van der Waals surface area (Å²) in [6, 6.07) is 18.6. The molecule has 1 heterocycles. The number of anilines is 1. The van der Waals surface area contributed by atoms with Gasteiger partial charge in [-0.25, -0.2) is 22.8 Å². The van der Waals surface area contributed by atoms with E-state index in [4.69, 9.17) is 0 Å². The third-order valence-electron chi connectivity index (χ3n) is 5.10. The van der Waals surface area contributed by atoms with Gasteiger partial charge in [0.1, 0.15) is 11.6 Å². The number of nitrogens with zero attached hydrogens (tertiary/aromatic N) is 3. The Bertz CT molecular complexity index is 1440. The van der Waals surface area contributed by atoms with Crippen molar-refractivity contribution in [1.29, 1.82) is 0 Å². The second kappa shape index (κ2) is 8.95. The fraction of sp³-hybridized carbons (Fsp3) is 0.125. The SMILES string of the molecule is Cc1nc(CN(C)C(=O)c2ccc(S(=O)(=O)Nc3ccccc3F)cc2)nc2ccccc12. The van der Waals surface area contributed by atoms with Crippen molar-refractivity contribution in [2.45, 2.75) is 18.4 Å². The molecule has 0 radical (unpaired) electrons. The molecule has 1 N–H and O–H groups in total. The van der Waals surface area contributed by atoms with Crippen LogP contribution in [0.5, 0.6) is 0 Å². The van der Waals surface area contributed by atoms with Crippen molar-refractivity contribution in [3.8, 4) is 0 Å². The van der Waals surface area contributed by atoms with Gasteiger partial charge < -0.3 is 4.90 Å². The minimum atomic E-state index is -4.01. The molecule has 0 unspecified atom stereocenters. The van der Waals surface area contributed by atoms with E-state index in [2.05, 4.69) is 14.7 Å². The number of carbonyl (C=O) groups is 1. The van der Waals surface area contributed by atoms with Gasteiger partial charge in [0.2, 0.25) is 0 Å². The summed E-state index contributed by atoms with van der Waals surface area (Å²) in [6.45, 7) is 2.09. The third-order valence-corrected chi connectivity index (χ3v) is 6.48. The van der Waals surface area contributed by atoms with Gasteiger partial charge in [-0.1, -0.05) is 30.3 Å². The lowest BCUT2D eigenvalue weighted by atomic mass is 10.2. The second-order valence-electron chi connectivity index (χ2n) is 7.51. The number of para-hydroxylation sites is 2. The first kappa shape index (κ1) is 22.3. The molecule has 7 nitrogen and oxygen atoms in total. The Morgan fingerprint density at radius 2 is 1.64 bits per heavy atom. The molecule has 0 spiro atoms. The van der Waals surface area contributed by atoms with Gasteiger partial charge in [0.15, 0.2) is 0 Å². The topological polar surface area (TPSA) is 92.3 Å². The maximum atomic E-state index is 13.8. The molecule has 168 valence electrons. The summed E-state index contributed by atoms with van der Waals surface area (Å²) in [6.07, 6.45) is 0. The van der Waals surface area contributed by atoms with E-state index in [1.54, 1.807) is 7.05 Å². The molecule has 3 aromatic carbocycles. The van der Waals surface area contributed by atoms with Crippen LogP contribution in [0.4, 0.5) is 10.1 Å². The van der Waals surface area contributed by atoms with Crippen LogP contribution in [0.15, 0.2) is 77.7 Å². The van der Waals surface area contributed by atoms with E-state index in [1.165, 1.54) is 47.4 Å². The molecule has 0 aliphatic rings. The summed E-state index contributed by atoms with van der Waals surface area (Å²) in [5, 5.41) is 0.955. The Labute approximate surface area is 191 Å². The Balaban J connectivity index is 1.49. The van der Waals surface area contributed by atoms with Crippen molar-refractivity contribution in [1.82, 2.24) is 14.9 Å². The number of aryl methyl sites for hydroxylation is 1. The summed E-state index contributed by atoms with van der Waals surface area (Å²) in [5.41, 5.74) is 1.79. The Kier molecular flexibility index (Phi) is 6.06. The number of sulfonamides is 1. The normalized spacial score (nSPS) is 11.4. The Morgan fingerprint density at radius 3 is 2.36 bits per heavy atom. The van der Waals surface area contributed by atoms with Gasteiger partial charge in [0.25, 0.3) is 15.9 Å². The molecule has 4 aromatic rings. The lowest BCUT2D eigenvalue weighted by molar-refractivity contribution is 0.0781. The largest absolute Gasteiger partial charge is 0.334 e. The average Bonchev–Trinajstić information content (AvgIpc) is 2.80. The van der Waals surface area contributed by atoms with Crippen molar-refractivity contribution in [2.75, 3.05) is 11.8 Å². The maximum absolute atomic E-state index is 13.8. The van der Waals surface area contributed by atoms with E-state index < -0.39 is 15.8 Å². The van der Waals surface area contributed by atoms with Crippen LogP contribution < -0.4 is 4.72 Å². The van der Waals surface area contributed by atoms with Gasteiger partial charge >= 0.3 is 0 Å². The second-order valence-corrected chi connectivity index (χ2v) is 9.20. The first-order chi connectivity index (χ1) is 15.7. The number of rotatable bonds is 6. The van der Waals surface area contributed by atoms with E-state index in [0.29, 0.717) is 11.4 Å². The van der Waals surface area contributed by atoms with Crippen LogP contribution in [0.25, 0.3) is 10.9 Å². The summed E-state index contributed by atoms with van der Waals surface area (Å²) in [5.74, 6) is -0.480. The van der Waals surface area contributed by atoms with Crippen LogP contribution in [0.3, 0.4) is 0 Å². The molecule has 0 saturated carbocycles. The number of amides is 1. The molecular weight excluding hydrogens is 443 g/mol. The van der Waals surface area contributed by atoms with Crippen LogP contribution in [-0.2, 0) is 16.6 Å².